The highest BCUT2D eigenvalue weighted by molar-refractivity contribution is 5.96. The molecule has 0 saturated carbocycles. The van der Waals surface area contributed by atoms with Gasteiger partial charge in [0.05, 0.1) is 0 Å². The summed E-state index contributed by atoms with van der Waals surface area (Å²) in [4.78, 5) is 13.8. The molecule has 2 N–H and O–H groups in total. The largest absolute Gasteiger partial charge is 0.388 e. The SMILES string of the molecule is CNCCN1C(=O)CCc2cc(NC)ccc21. The summed E-state index contributed by atoms with van der Waals surface area (Å²) in [6, 6.07) is 6.19. The molecule has 92 valence electrons. The lowest BCUT2D eigenvalue weighted by Gasteiger charge is -2.29. The summed E-state index contributed by atoms with van der Waals surface area (Å²) in [6.45, 7) is 1.56. The van der Waals surface area contributed by atoms with Gasteiger partial charge in [0.2, 0.25) is 5.91 Å². The lowest BCUT2D eigenvalue weighted by molar-refractivity contribution is -0.118. The summed E-state index contributed by atoms with van der Waals surface area (Å²) < 4.78 is 0. The fourth-order valence-corrected chi connectivity index (χ4v) is 2.18. The van der Waals surface area contributed by atoms with E-state index in [0.29, 0.717) is 6.42 Å². The minimum atomic E-state index is 0.227. The van der Waals surface area contributed by atoms with Crippen molar-refractivity contribution >= 4 is 17.3 Å². The molecule has 0 saturated heterocycles. The fraction of sp³-hybridized carbons (Fsp3) is 0.462. The predicted molar refractivity (Wildman–Crippen MR) is 70.6 cm³/mol. The van der Waals surface area contributed by atoms with Gasteiger partial charge in [-0.05, 0) is 37.2 Å². The van der Waals surface area contributed by atoms with Crippen molar-refractivity contribution in [3.63, 3.8) is 0 Å². The van der Waals surface area contributed by atoms with Crippen molar-refractivity contribution in [2.75, 3.05) is 37.4 Å². The first-order valence-corrected chi connectivity index (χ1v) is 6.02. The van der Waals surface area contributed by atoms with Gasteiger partial charge in [-0.25, -0.2) is 0 Å². The second-order valence-corrected chi connectivity index (χ2v) is 4.24. The van der Waals surface area contributed by atoms with E-state index in [1.807, 2.05) is 31.1 Å². The van der Waals surface area contributed by atoms with Crippen LogP contribution in [0.1, 0.15) is 12.0 Å². The Bertz CT molecular complexity index is 417. The number of amides is 1. The Balaban J connectivity index is 2.28. The molecular weight excluding hydrogens is 214 g/mol. The molecule has 0 atom stereocenters. The molecule has 17 heavy (non-hydrogen) atoms. The first-order chi connectivity index (χ1) is 8.26. The molecule has 2 rings (SSSR count). The highest BCUT2D eigenvalue weighted by Gasteiger charge is 2.23. The summed E-state index contributed by atoms with van der Waals surface area (Å²) in [5, 5.41) is 6.21. The Labute approximate surface area is 102 Å². The van der Waals surface area contributed by atoms with Gasteiger partial charge < -0.3 is 15.5 Å². The zero-order valence-corrected chi connectivity index (χ0v) is 10.4. The van der Waals surface area contributed by atoms with Crippen molar-refractivity contribution in [2.24, 2.45) is 0 Å². The lowest BCUT2D eigenvalue weighted by Crippen LogP contribution is -2.39. The number of fused-ring (bicyclic) bond motifs is 1. The molecule has 4 heteroatoms. The third-order valence-corrected chi connectivity index (χ3v) is 3.15. The second-order valence-electron chi connectivity index (χ2n) is 4.24. The van der Waals surface area contributed by atoms with Crippen molar-refractivity contribution < 1.29 is 4.79 Å². The van der Waals surface area contributed by atoms with Gasteiger partial charge in [0.15, 0.2) is 0 Å². The minimum Gasteiger partial charge on any atom is -0.388 e. The lowest BCUT2D eigenvalue weighted by atomic mass is 10.0. The van der Waals surface area contributed by atoms with Crippen LogP contribution < -0.4 is 15.5 Å². The summed E-state index contributed by atoms with van der Waals surface area (Å²) in [5.41, 5.74) is 3.43. The van der Waals surface area contributed by atoms with Gasteiger partial charge in [0, 0.05) is 37.9 Å². The van der Waals surface area contributed by atoms with Crippen molar-refractivity contribution in [1.29, 1.82) is 0 Å². The van der Waals surface area contributed by atoms with Crippen molar-refractivity contribution in [3.8, 4) is 0 Å². The van der Waals surface area contributed by atoms with Crippen molar-refractivity contribution in [1.82, 2.24) is 5.32 Å². The molecule has 1 heterocycles. The van der Waals surface area contributed by atoms with E-state index in [0.717, 1.165) is 30.9 Å². The molecule has 0 unspecified atom stereocenters. The Morgan fingerprint density at radius 3 is 2.82 bits per heavy atom. The van der Waals surface area contributed by atoms with E-state index in [4.69, 9.17) is 0 Å². The summed E-state index contributed by atoms with van der Waals surface area (Å²) in [6.07, 6.45) is 1.46. The van der Waals surface area contributed by atoms with Crippen molar-refractivity contribution in [3.05, 3.63) is 23.8 Å². The molecule has 1 aliphatic rings. The standard InChI is InChI=1S/C13H19N3O/c1-14-7-8-16-12-5-4-11(15-2)9-10(12)3-6-13(16)17/h4-5,9,14-15H,3,6-8H2,1-2H3. The average Bonchev–Trinajstić information content (AvgIpc) is 2.37. The Morgan fingerprint density at radius 1 is 1.29 bits per heavy atom. The molecule has 0 radical (unpaired) electrons. The van der Waals surface area contributed by atoms with E-state index >= 15 is 0 Å². The Morgan fingerprint density at radius 2 is 2.12 bits per heavy atom. The Hall–Kier alpha value is -1.55. The smallest absolute Gasteiger partial charge is 0.227 e. The number of nitrogens with one attached hydrogen (secondary N) is 2. The number of carbonyl (C=O) groups is 1. The first kappa shape index (κ1) is 11.9. The van der Waals surface area contributed by atoms with E-state index < -0.39 is 0 Å². The third-order valence-electron chi connectivity index (χ3n) is 3.15. The highest BCUT2D eigenvalue weighted by atomic mass is 16.2. The quantitative estimate of drug-likeness (QED) is 0.822. The first-order valence-electron chi connectivity index (χ1n) is 6.02. The van der Waals surface area contributed by atoms with E-state index in [2.05, 4.69) is 16.7 Å². The third kappa shape index (κ3) is 2.42. The molecule has 4 nitrogen and oxygen atoms in total. The number of rotatable bonds is 4. The summed E-state index contributed by atoms with van der Waals surface area (Å²) in [5.74, 6) is 0.227. The van der Waals surface area contributed by atoms with Crippen LogP contribution in [0.2, 0.25) is 0 Å². The molecule has 1 aliphatic heterocycles. The van der Waals surface area contributed by atoms with E-state index in [9.17, 15) is 4.79 Å². The van der Waals surface area contributed by atoms with E-state index in [-0.39, 0.29) is 5.91 Å². The van der Waals surface area contributed by atoms with Crippen LogP contribution in [0, 0.1) is 0 Å². The number of benzene rings is 1. The highest BCUT2D eigenvalue weighted by Crippen LogP contribution is 2.29. The van der Waals surface area contributed by atoms with Crippen LogP contribution in [0.5, 0.6) is 0 Å². The second kappa shape index (κ2) is 5.19. The maximum Gasteiger partial charge on any atom is 0.227 e. The van der Waals surface area contributed by atoms with Gasteiger partial charge in [0.1, 0.15) is 0 Å². The molecule has 1 aromatic carbocycles. The van der Waals surface area contributed by atoms with Gasteiger partial charge in [-0.1, -0.05) is 0 Å². The molecular formula is C13H19N3O. The van der Waals surface area contributed by atoms with Crippen LogP contribution in [-0.4, -0.2) is 33.1 Å². The fourth-order valence-electron chi connectivity index (χ4n) is 2.18. The average molecular weight is 233 g/mol. The topological polar surface area (TPSA) is 44.4 Å². The van der Waals surface area contributed by atoms with Gasteiger partial charge in [0.25, 0.3) is 0 Å². The monoisotopic (exact) mass is 233 g/mol. The van der Waals surface area contributed by atoms with Crippen LogP contribution in [0.3, 0.4) is 0 Å². The maximum absolute atomic E-state index is 11.9. The number of nitrogens with zero attached hydrogens (tertiary/aromatic N) is 1. The zero-order valence-electron chi connectivity index (χ0n) is 10.4. The van der Waals surface area contributed by atoms with Crippen LogP contribution in [0.4, 0.5) is 11.4 Å². The van der Waals surface area contributed by atoms with E-state index in [1.54, 1.807) is 0 Å². The number of carbonyl (C=O) groups excluding carboxylic acids is 1. The normalized spacial score (nSPS) is 14.7. The van der Waals surface area contributed by atoms with Crippen LogP contribution >= 0.6 is 0 Å². The number of anilines is 2. The van der Waals surface area contributed by atoms with Crippen LogP contribution in [0.15, 0.2) is 18.2 Å². The molecule has 1 amide bonds. The maximum atomic E-state index is 11.9. The van der Waals surface area contributed by atoms with Crippen LogP contribution in [0.25, 0.3) is 0 Å². The molecule has 0 aromatic heterocycles. The molecule has 1 aromatic rings. The number of hydrogen-bond acceptors (Lipinski definition) is 3. The number of likely N-dealkylation sites (N-methyl/N-ethyl adjacent to an activating group) is 1. The van der Waals surface area contributed by atoms with E-state index in [1.165, 1.54) is 5.56 Å². The van der Waals surface area contributed by atoms with Crippen molar-refractivity contribution in [2.45, 2.75) is 12.8 Å². The number of aryl methyl sites for hydroxylation is 1. The summed E-state index contributed by atoms with van der Waals surface area (Å²) >= 11 is 0. The van der Waals surface area contributed by atoms with Gasteiger partial charge in [-0.3, -0.25) is 4.79 Å². The minimum absolute atomic E-state index is 0.227. The number of hydrogen-bond donors (Lipinski definition) is 2. The van der Waals surface area contributed by atoms with Gasteiger partial charge in [-0.2, -0.15) is 0 Å². The predicted octanol–water partition coefficient (Wildman–Crippen LogP) is 1.23. The molecule has 0 spiro atoms. The van der Waals surface area contributed by atoms with Gasteiger partial charge in [-0.15, -0.1) is 0 Å². The zero-order chi connectivity index (χ0) is 12.3. The molecule has 0 bridgehead atoms. The molecule has 0 fully saturated rings. The summed E-state index contributed by atoms with van der Waals surface area (Å²) in [7, 11) is 3.81. The Kier molecular flexibility index (Phi) is 3.64. The van der Waals surface area contributed by atoms with Gasteiger partial charge >= 0.3 is 0 Å². The molecule has 0 aliphatic carbocycles. The van der Waals surface area contributed by atoms with Crippen LogP contribution in [-0.2, 0) is 11.2 Å².